The number of nitro groups is 1. The summed E-state index contributed by atoms with van der Waals surface area (Å²) in [6, 6.07) is 20.1. The van der Waals surface area contributed by atoms with Gasteiger partial charge in [0.05, 0.1) is 39.5 Å². The van der Waals surface area contributed by atoms with Crippen molar-refractivity contribution in [2.75, 3.05) is 6.61 Å². The van der Waals surface area contributed by atoms with E-state index >= 15 is 0 Å². The molecule has 0 radical (unpaired) electrons. The van der Waals surface area contributed by atoms with Crippen LogP contribution >= 0.6 is 11.3 Å². The number of aromatic nitrogens is 1. The molecule has 0 amide bonds. The number of esters is 1. The predicted octanol–water partition coefficient (Wildman–Crippen LogP) is 5.07. The van der Waals surface area contributed by atoms with Gasteiger partial charge in [0.15, 0.2) is 4.80 Å². The summed E-state index contributed by atoms with van der Waals surface area (Å²) < 4.78 is 19.1. The van der Waals surface area contributed by atoms with E-state index in [1.165, 1.54) is 23.5 Å². The van der Waals surface area contributed by atoms with E-state index in [9.17, 15) is 19.7 Å². The van der Waals surface area contributed by atoms with Crippen molar-refractivity contribution in [3.63, 3.8) is 0 Å². The molecule has 4 aromatic rings. The van der Waals surface area contributed by atoms with Crippen molar-refractivity contribution in [2.45, 2.75) is 46.4 Å². The van der Waals surface area contributed by atoms with Gasteiger partial charge >= 0.3 is 5.97 Å². The molecule has 3 aromatic carbocycles. The van der Waals surface area contributed by atoms with Gasteiger partial charge in [0.1, 0.15) is 18.1 Å². The average molecular weight is 614 g/mol. The van der Waals surface area contributed by atoms with Crippen LogP contribution in [0, 0.1) is 10.1 Å². The van der Waals surface area contributed by atoms with E-state index in [2.05, 4.69) is 4.99 Å². The fraction of sp³-hybridized carbons (Fsp3) is 0.242. The molecule has 0 unspecified atom stereocenters. The topological polar surface area (TPSA) is 122 Å². The van der Waals surface area contributed by atoms with Crippen LogP contribution in [0.4, 0.5) is 5.69 Å². The monoisotopic (exact) mass is 613 g/mol. The normalized spacial score (nSPS) is 14.7. The molecule has 0 aliphatic carbocycles. The van der Waals surface area contributed by atoms with Gasteiger partial charge in [-0.25, -0.2) is 9.79 Å². The highest BCUT2D eigenvalue weighted by Gasteiger charge is 2.33. The maximum absolute atomic E-state index is 13.9. The first-order chi connectivity index (χ1) is 21.1. The lowest BCUT2D eigenvalue weighted by molar-refractivity contribution is -0.384. The minimum Gasteiger partial charge on any atom is -0.491 e. The summed E-state index contributed by atoms with van der Waals surface area (Å²) in [6.45, 7) is 7.78. The summed E-state index contributed by atoms with van der Waals surface area (Å²) in [5.74, 6) is 0.741. The molecule has 0 bridgehead atoms. The number of rotatable bonds is 10. The molecule has 0 saturated carbocycles. The van der Waals surface area contributed by atoms with Gasteiger partial charge in [0, 0.05) is 12.1 Å². The van der Waals surface area contributed by atoms with Gasteiger partial charge in [-0.2, -0.15) is 0 Å². The standard InChI is InChI=1S/C33H31N3O7S/c1-5-41-32(38)29-21(4)34-33-35(30(29)24-11-15-26(16-12-24)43-20(2)3)31(37)28(44-33)18-23-7-6-8-27(17-23)42-19-22-9-13-25(14-10-22)36(39)40/h6-18,20,30H,5,19H2,1-4H3/b28-18-/t30-/m1/s1. The lowest BCUT2D eigenvalue weighted by Gasteiger charge is -2.25. The van der Waals surface area contributed by atoms with E-state index in [1.54, 1.807) is 42.7 Å². The number of ether oxygens (including phenoxy) is 3. The number of hydrogen-bond donors (Lipinski definition) is 0. The van der Waals surface area contributed by atoms with Crippen LogP contribution in [0.5, 0.6) is 11.5 Å². The van der Waals surface area contributed by atoms with Crippen molar-refractivity contribution in [3.05, 3.63) is 131 Å². The second kappa shape index (κ2) is 13.1. The molecule has 2 heterocycles. The van der Waals surface area contributed by atoms with Crippen molar-refractivity contribution in [1.29, 1.82) is 0 Å². The van der Waals surface area contributed by atoms with Gasteiger partial charge in [-0.05, 0) is 86.9 Å². The van der Waals surface area contributed by atoms with Crippen LogP contribution in [0.1, 0.15) is 50.4 Å². The van der Waals surface area contributed by atoms with Crippen molar-refractivity contribution < 1.29 is 23.9 Å². The molecule has 1 atom stereocenters. The highest BCUT2D eigenvalue weighted by molar-refractivity contribution is 7.07. The zero-order chi connectivity index (χ0) is 31.4. The number of benzene rings is 3. The Morgan fingerprint density at radius 2 is 1.82 bits per heavy atom. The zero-order valence-electron chi connectivity index (χ0n) is 24.7. The highest BCUT2D eigenvalue weighted by Crippen LogP contribution is 2.32. The molecule has 0 spiro atoms. The molecule has 0 fully saturated rings. The van der Waals surface area contributed by atoms with E-state index in [0.717, 1.165) is 16.7 Å². The number of thiazole rings is 1. The Morgan fingerprint density at radius 1 is 1.09 bits per heavy atom. The van der Waals surface area contributed by atoms with E-state index in [4.69, 9.17) is 14.2 Å². The third-order valence-electron chi connectivity index (χ3n) is 6.79. The van der Waals surface area contributed by atoms with Gasteiger partial charge in [0.2, 0.25) is 0 Å². The number of hydrogen-bond acceptors (Lipinski definition) is 9. The third-order valence-corrected chi connectivity index (χ3v) is 7.78. The number of carbonyl (C=O) groups excluding carboxylic acids is 1. The van der Waals surface area contributed by atoms with E-state index < -0.39 is 16.9 Å². The smallest absolute Gasteiger partial charge is 0.338 e. The molecule has 0 saturated heterocycles. The van der Waals surface area contributed by atoms with Crippen LogP contribution in [-0.2, 0) is 16.1 Å². The number of non-ortho nitro benzene ring substituents is 1. The predicted molar refractivity (Wildman–Crippen MR) is 166 cm³/mol. The summed E-state index contributed by atoms with van der Waals surface area (Å²) in [7, 11) is 0. The molecule has 1 aromatic heterocycles. The number of allylic oxidation sites excluding steroid dienone is 1. The lowest BCUT2D eigenvalue weighted by Crippen LogP contribution is -2.39. The van der Waals surface area contributed by atoms with Crippen LogP contribution in [0.2, 0.25) is 0 Å². The molecular weight excluding hydrogens is 582 g/mol. The third kappa shape index (κ3) is 6.63. The zero-order valence-corrected chi connectivity index (χ0v) is 25.5. The molecule has 44 heavy (non-hydrogen) atoms. The van der Waals surface area contributed by atoms with Gasteiger partial charge in [0.25, 0.3) is 11.2 Å². The minimum absolute atomic E-state index is 0.00183. The van der Waals surface area contributed by atoms with Gasteiger partial charge in [-0.3, -0.25) is 19.5 Å². The van der Waals surface area contributed by atoms with Crippen LogP contribution in [0.3, 0.4) is 0 Å². The molecule has 1 aliphatic heterocycles. The Labute approximate surface area is 257 Å². The number of nitro benzene ring substituents is 1. The Morgan fingerprint density at radius 3 is 2.48 bits per heavy atom. The maximum atomic E-state index is 13.9. The fourth-order valence-electron chi connectivity index (χ4n) is 4.83. The quantitative estimate of drug-likeness (QED) is 0.139. The molecule has 5 rings (SSSR count). The van der Waals surface area contributed by atoms with Crippen LogP contribution in [-0.4, -0.2) is 28.2 Å². The number of nitrogens with zero attached hydrogens (tertiary/aromatic N) is 3. The Kier molecular flexibility index (Phi) is 9.05. The minimum atomic E-state index is -0.725. The van der Waals surface area contributed by atoms with Crippen LogP contribution in [0.15, 0.2) is 93.9 Å². The summed E-state index contributed by atoms with van der Waals surface area (Å²) in [5.41, 5.74) is 2.78. The number of fused-ring (bicyclic) bond motifs is 1. The lowest BCUT2D eigenvalue weighted by atomic mass is 9.96. The second-order valence-corrected chi connectivity index (χ2v) is 11.3. The van der Waals surface area contributed by atoms with E-state index in [0.29, 0.717) is 32.1 Å². The van der Waals surface area contributed by atoms with Gasteiger partial charge in [-0.1, -0.05) is 35.6 Å². The molecule has 10 nitrogen and oxygen atoms in total. The SMILES string of the molecule is CCOC(=O)C1=C(C)N=c2s/c(=C\c3cccc(OCc4ccc([N+](=O)[O-])cc4)c3)c(=O)n2[C@@H]1c1ccc(OC(C)C)cc1. The van der Waals surface area contributed by atoms with Crippen molar-refractivity contribution in [2.24, 2.45) is 4.99 Å². The van der Waals surface area contributed by atoms with Crippen molar-refractivity contribution in [3.8, 4) is 11.5 Å². The highest BCUT2D eigenvalue weighted by atomic mass is 32.1. The maximum Gasteiger partial charge on any atom is 0.338 e. The first-order valence-electron chi connectivity index (χ1n) is 14.1. The first kappa shape index (κ1) is 30.4. The van der Waals surface area contributed by atoms with Gasteiger partial charge in [-0.15, -0.1) is 0 Å². The summed E-state index contributed by atoms with van der Waals surface area (Å²) in [5, 5.41) is 10.9. The van der Waals surface area contributed by atoms with Crippen molar-refractivity contribution >= 4 is 29.1 Å². The first-order valence-corrected chi connectivity index (χ1v) is 14.9. The molecular formula is C33H31N3O7S. The fourth-order valence-corrected chi connectivity index (χ4v) is 5.88. The van der Waals surface area contributed by atoms with Crippen LogP contribution in [0.25, 0.3) is 6.08 Å². The summed E-state index contributed by atoms with van der Waals surface area (Å²) in [4.78, 5) is 42.6. The summed E-state index contributed by atoms with van der Waals surface area (Å²) in [6.07, 6.45) is 1.77. The van der Waals surface area contributed by atoms with Crippen LogP contribution < -0.4 is 24.4 Å². The number of carbonyl (C=O) groups is 1. The molecule has 1 aliphatic rings. The second-order valence-electron chi connectivity index (χ2n) is 10.3. The average Bonchev–Trinajstić information content (AvgIpc) is 3.29. The van der Waals surface area contributed by atoms with E-state index in [1.807, 2.05) is 56.3 Å². The molecule has 11 heteroatoms. The molecule has 226 valence electrons. The van der Waals surface area contributed by atoms with Gasteiger partial charge < -0.3 is 14.2 Å². The largest absolute Gasteiger partial charge is 0.491 e. The van der Waals surface area contributed by atoms with Crippen molar-refractivity contribution in [1.82, 2.24) is 4.57 Å². The Hall–Kier alpha value is -5.03. The summed E-state index contributed by atoms with van der Waals surface area (Å²) >= 11 is 1.24. The Balaban J connectivity index is 1.49. The molecule has 0 N–H and O–H groups in total. The Bertz CT molecular complexity index is 1910. The van der Waals surface area contributed by atoms with E-state index in [-0.39, 0.29) is 30.6 Å².